The number of carboxylic acid groups (broad SMARTS) is 1. The first-order valence-electron chi connectivity index (χ1n) is 13.4. The molecule has 1 fully saturated rings. The molecule has 3 aromatic rings. The van der Waals surface area contributed by atoms with Crippen molar-refractivity contribution in [1.82, 2.24) is 24.5 Å². The van der Waals surface area contributed by atoms with Gasteiger partial charge in [-0.3, -0.25) is 9.36 Å². The first kappa shape index (κ1) is 26.5. The third kappa shape index (κ3) is 4.45. The lowest BCUT2D eigenvalue weighted by Gasteiger charge is -2.42. The number of ether oxygens (including phenoxy) is 1. The Bertz CT molecular complexity index is 1440. The van der Waals surface area contributed by atoms with Gasteiger partial charge in [-0.2, -0.15) is 23.4 Å². The fraction of sp³-hybridized carbons (Fsp3) is 0.519. The second-order valence-electron chi connectivity index (χ2n) is 10.8. The molecule has 0 bridgehead atoms. The van der Waals surface area contributed by atoms with Crippen LogP contribution in [-0.2, 0) is 30.9 Å². The zero-order valence-corrected chi connectivity index (χ0v) is 22.6. The second-order valence-corrected chi connectivity index (χ2v) is 10.8. The molecule has 1 atom stereocenters. The summed E-state index contributed by atoms with van der Waals surface area (Å²) in [5.41, 5.74) is 2.44. The normalized spacial score (nSPS) is 20.1. The van der Waals surface area contributed by atoms with Crippen molar-refractivity contribution < 1.29 is 27.8 Å². The average molecular weight is 560 g/mol. The van der Waals surface area contributed by atoms with Crippen LogP contribution in [0.1, 0.15) is 42.6 Å². The largest absolute Gasteiger partial charge is 0.465 e. The van der Waals surface area contributed by atoms with Gasteiger partial charge in [0, 0.05) is 75.9 Å². The van der Waals surface area contributed by atoms with Crippen LogP contribution in [0, 0.1) is 0 Å². The van der Waals surface area contributed by atoms with Gasteiger partial charge < -0.3 is 24.5 Å². The van der Waals surface area contributed by atoms with Crippen molar-refractivity contribution in [3.63, 3.8) is 0 Å². The molecule has 6 rings (SSSR count). The van der Waals surface area contributed by atoms with Crippen LogP contribution >= 0.6 is 0 Å². The highest BCUT2D eigenvalue weighted by Crippen LogP contribution is 2.48. The molecule has 1 saturated heterocycles. The fourth-order valence-corrected chi connectivity index (χ4v) is 6.07. The number of amides is 1. The van der Waals surface area contributed by atoms with Crippen molar-refractivity contribution in [3.8, 4) is 11.1 Å². The number of likely N-dealkylation sites (N-methyl/N-ethyl adjacent to an activating group) is 1. The molecule has 214 valence electrons. The first-order chi connectivity index (χ1) is 19.0. The van der Waals surface area contributed by atoms with Gasteiger partial charge in [-0.1, -0.05) is 0 Å². The number of aryl methyl sites for hydroxylation is 1. The molecule has 3 aliphatic rings. The minimum atomic E-state index is -4.60. The molecule has 2 aromatic heterocycles. The van der Waals surface area contributed by atoms with Gasteiger partial charge >= 0.3 is 12.3 Å². The summed E-state index contributed by atoms with van der Waals surface area (Å²) in [6, 6.07) is 2.84. The Hall–Kier alpha value is -3.74. The molecule has 0 aliphatic carbocycles. The Morgan fingerprint density at radius 2 is 1.90 bits per heavy atom. The number of aromatic nitrogens is 4. The minimum absolute atomic E-state index is 0.0472. The number of nitrogens with zero attached hydrogens (tertiary/aromatic N) is 7. The number of halogens is 3. The summed E-state index contributed by atoms with van der Waals surface area (Å²) in [6.45, 7) is 4.12. The second kappa shape index (κ2) is 9.72. The van der Waals surface area contributed by atoms with E-state index in [9.17, 15) is 23.1 Å². The molecule has 10 nitrogen and oxygen atoms in total. The third-order valence-electron chi connectivity index (χ3n) is 8.34. The molecule has 1 aromatic carbocycles. The van der Waals surface area contributed by atoms with Crippen molar-refractivity contribution in [3.05, 3.63) is 41.3 Å². The van der Waals surface area contributed by atoms with Crippen molar-refractivity contribution >= 4 is 23.3 Å². The van der Waals surface area contributed by atoms with E-state index in [1.165, 1.54) is 21.8 Å². The Morgan fingerprint density at radius 1 is 1.15 bits per heavy atom. The SMILES string of the molecule is CC1CN(c2nn(C3CCOCC3)c3c2CN(C(=O)O)CC3)c2cc(C(F)(F)F)c(-c3cnn(C)c3)cc2N1C. The van der Waals surface area contributed by atoms with Crippen LogP contribution in [0.25, 0.3) is 11.1 Å². The van der Waals surface area contributed by atoms with Crippen molar-refractivity contribution in [2.45, 2.75) is 51.0 Å². The predicted molar refractivity (Wildman–Crippen MR) is 142 cm³/mol. The van der Waals surface area contributed by atoms with E-state index >= 15 is 0 Å². The monoisotopic (exact) mass is 559 g/mol. The first-order valence-corrected chi connectivity index (χ1v) is 13.4. The van der Waals surface area contributed by atoms with Crippen LogP contribution in [0.5, 0.6) is 0 Å². The van der Waals surface area contributed by atoms with Crippen LogP contribution in [0.15, 0.2) is 24.5 Å². The molecule has 1 amide bonds. The van der Waals surface area contributed by atoms with Crippen LogP contribution in [0.2, 0.25) is 0 Å². The van der Waals surface area contributed by atoms with Gasteiger partial charge in [-0.25, -0.2) is 4.79 Å². The van der Waals surface area contributed by atoms with Crippen LogP contribution in [0.4, 0.5) is 35.2 Å². The molecule has 3 aliphatic heterocycles. The topological polar surface area (TPSA) is 91.9 Å². The fourth-order valence-electron chi connectivity index (χ4n) is 6.07. The minimum Gasteiger partial charge on any atom is -0.465 e. The summed E-state index contributed by atoms with van der Waals surface area (Å²) >= 11 is 0. The van der Waals surface area contributed by atoms with Gasteiger partial charge in [0.15, 0.2) is 5.82 Å². The van der Waals surface area contributed by atoms with E-state index in [2.05, 4.69) is 5.10 Å². The number of fused-ring (bicyclic) bond motifs is 2. The quantitative estimate of drug-likeness (QED) is 0.499. The Balaban J connectivity index is 1.54. The highest BCUT2D eigenvalue weighted by molar-refractivity contribution is 5.86. The molecule has 40 heavy (non-hydrogen) atoms. The molecule has 5 heterocycles. The number of hydrogen-bond donors (Lipinski definition) is 1. The zero-order chi connectivity index (χ0) is 28.3. The Kier molecular flexibility index (Phi) is 6.43. The summed E-state index contributed by atoms with van der Waals surface area (Å²) in [5.74, 6) is 0.524. The number of hydrogen-bond acceptors (Lipinski definition) is 6. The molecule has 0 spiro atoms. The lowest BCUT2D eigenvalue weighted by Crippen LogP contribution is -2.44. The molecule has 0 saturated carbocycles. The molecule has 1 N–H and O–H groups in total. The molecule has 0 radical (unpaired) electrons. The lowest BCUT2D eigenvalue weighted by molar-refractivity contribution is -0.137. The molecule has 13 heteroatoms. The van der Waals surface area contributed by atoms with E-state index in [1.54, 1.807) is 19.3 Å². The summed E-state index contributed by atoms with van der Waals surface area (Å²) in [6.07, 6.45) is -0.564. The van der Waals surface area contributed by atoms with E-state index in [0.29, 0.717) is 55.5 Å². The molecule has 1 unspecified atom stereocenters. The summed E-state index contributed by atoms with van der Waals surface area (Å²) in [4.78, 5) is 17.1. The van der Waals surface area contributed by atoms with Crippen molar-refractivity contribution in [2.75, 3.05) is 43.2 Å². The van der Waals surface area contributed by atoms with E-state index in [1.807, 2.05) is 28.5 Å². The van der Waals surface area contributed by atoms with E-state index < -0.39 is 17.8 Å². The standard InChI is InChI=1S/C27H32F3N7O3/c1-16-13-36(24-11-21(27(28,29)30)19(10-23(24)34(16)3)17-12-31-33(2)14-17)25-20-15-35(26(38)39)7-4-22(20)37(32-25)18-5-8-40-9-6-18/h10-12,14,16,18H,4-9,13,15H2,1-3H3,(H,38,39). The van der Waals surface area contributed by atoms with Crippen LogP contribution in [-0.4, -0.2) is 75.1 Å². The molecular formula is C27H32F3N7O3. The van der Waals surface area contributed by atoms with E-state index in [4.69, 9.17) is 9.84 Å². The summed E-state index contributed by atoms with van der Waals surface area (Å²) < 4.78 is 52.6. The van der Waals surface area contributed by atoms with Gasteiger partial charge in [-0.15, -0.1) is 0 Å². The number of benzene rings is 1. The number of anilines is 3. The van der Waals surface area contributed by atoms with Crippen LogP contribution < -0.4 is 9.80 Å². The summed E-state index contributed by atoms with van der Waals surface area (Å²) in [5, 5.41) is 18.9. The van der Waals surface area contributed by atoms with Crippen molar-refractivity contribution in [1.29, 1.82) is 0 Å². The Labute approximate surface area is 229 Å². The lowest BCUT2D eigenvalue weighted by atomic mass is 9.96. The van der Waals surface area contributed by atoms with Gasteiger partial charge in [0.1, 0.15) is 0 Å². The highest BCUT2D eigenvalue weighted by Gasteiger charge is 2.40. The van der Waals surface area contributed by atoms with E-state index in [-0.39, 0.29) is 24.2 Å². The van der Waals surface area contributed by atoms with Gasteiger partial charge in [0.05, 0.1) is 35.7 Å². The number of carbonyl (C=O) groups is 1. The number of rotatable bonds is 3. The average Bonchev–Trinajstić information content (AvgIpc) is 3.53. The third-order valence-corrected chi connectivity index (χ3v) is 8.34. The predicted octanol–water partition coefficient (Wildman–Crippen LogP) is 4.67. The highest BCUT2D eigenvalue weighted by atomic mass is 19.4. The van der Waals surface area contributed by atoms with Crippen LogP contribution in [0.3, 0.4) is 0 Å². The number of alkyl halides is 3. The Morgan fingerprint density at radius 3 is 2.55 bits per heavy atom. The van der Waals surface area contributed by atoms with Gasteiger partial charge in [0.2, 0.25) is 0 Å². The van der Waals surface area contributed by atoms with Gasteiger partial charge in [0.25, 0.3) is 0 Å². The maximum absolute atomic E-state index is 14.5. The van der Waals surface area contributed by atoms with E-state index in [0.717, 1.165) is 24.1 Å². The maximum atomic E-state index is 14.5. The van der Waals surface area contributed by atoms with Gasteiger partial charge in [-0.05, 0) is 37.5 Å². The van der Waals surface area contributed by atoms with Crippen molar-refractivity contribution in [2.24, 2.45) is 7.05 Å². The maximum Gasteiger partial charge on any atom is 0.417 e. The smallest absolute Gasteiger partial charge is 0.417 e. The zero-order valence-electron chi connectivity index (χ0n) is 22.6. The molecular weight excluding hydrogens is 527 g/mol. The summed E-state index contributed by atoms with van der Waals surface area (Å²) in [7, 11) is 3.55.